The van der Waals surface area contributed by atoms with Crippen LogP contribution in [0, 0.1) is 5.92 Å². The molecule has 2 unspecified atom stereocenters. The molecule has 0 amide bonds. The lowest BCUT2D eigenvalue weighted by atomic mass is 10.1. The fourth-order valence-electron chi connectivity index (χ4n) is 2.41. The molecule has 118 valence electrons. The third kappa shape index (κ3) is 4.70. The van der Waals surface area contributed by atoms with Crippen molar-refractivity contribution in [2.24, 2.45) is 5.92 Å². The Labute approximate surface area is 125 Å². The van der Waals surface area contributed by atoms with Crippen LogP contribution < -0.4 is 15.4 Å². The van der Waals surface area contributed by atoms with Gasteiger partial charge in [-0.05, 0) is 33.6 Å². The Hall–Kier alpha value is -1.63. The van der Waals surface area contributed by atoms with Gasteiger partial charge in [-0.15, -0.1) is 0 Å². The number of hydrogen-bond donors (Lipinski definition) is 3. The first-order valence-corrected chi connectivity index (χ1v) is 7.67. The van der Waals surface area contributed by atoms with Gasteiger partial charge in [0.05, 0.1) is 12.2 Å². The number of hydrogen-bond acceptors (Lipinski definition) is 7. The molecule has 1 aliphatic carbocycles. The lowest BCUT2D eigenvalue weighted by Crippen LogP contribution is -2.23. The highest BCUT2D eigenvalue weighted by atomic mass is 16.5. The number of nitrogens with zero attached hydrogens (tertiary/aromatic N) is 3. The highest BCUT2D eigenvalue weighted by Crippen LogP contribution is 2.25. The maximum atomic E-state index is 9.85. The normalized spacial score (nSPS) is 21.6. The van der Waals surface area contributed by atoms with Crippen molar-refractivity contribution >= 4 is 11.9 Å². The number of nitrogens with one attached hydrogen (secondary N) is 2. The number of aliphatic hydroxyl groups is 1. The zero-order valence-corrected chi connectivity index (χ0v) is 13.0. The summed E-state index contributed by atoms with van der Waals surface area (Å²) in [4.78, 5) is 12.8. The summed E-state index contributed by atoms with van der Waals surface area (Å²) in [5.41, 5.74) is 0. The molecule has 1 aromatic rings. The largest absolute Gasteiger partial charge is 0.461 e. The van der Waals surface area contributed by atoms with Crippen molar-refractivity contribution in [2.45, 2.75) is 52.2 Å². The minimum atomic E-state index is -0.223. The van der Waals surface area contributed by atoms with Gasteiger partial charge in [-0.25, -0.2) is 0 Å². The van der Waals surface area contributed by atoms with E-state index in [1.54, 1.807) is 0 Å². The van der Waals surface area contributed by atoms with Gasteiger partial charge in [-0.2, -0.15) is 15.0 Å². The van der Waals surface area contributed by atoms with Crippen LogP contribution in [0.4, 0.5) is 11.9 Å². The Morgan fingerprint density at radius 1 is 1.19 bits per heavy atom. The van der Waals surface area contributed by atoms with Crippen LogP contribution in [0.15, 0.2) is 0 Å². The van der Waals surface area contributed by atoms with Gasteiger partial charge < -0.3 is 20.5 Å². The lowest BCUT2D eigenvalue weighted by Gasteiger charge is -2.16. The maximum Gasteiger partial charge on any atom is 0.323 e. The molecule has 0 radical (unpaired) electrons. The number of aromatic nitrogens is 3. The minimum absolute atomic E-state index is 0.00591. The molecule has 3 N–H and O–H groups in total. The van der Waals surface area contributed by atoms with Crippen molar-refractivity contribution in [3.05, 3.63) is 0 Å². The van der Waals surface area contributed by atoms with E-state index in [4.69, 9.17) is 4.74 Å². The predicted octanol–water partition coefficient (Wildman–Crippen LogP) is 1.66. The Morgan fingerprint density at radius 3 is 2.48 bits per heavy atom. The second kappa shape index (κ2) is 7.40. The molecule has 7 heteroatoms. The van der Waals surface area contributed by atoms with Crippen LogP contribution in [-0.2, 0) is 0 Å². The van der Waals surface area contributed by atoms with Crippen LogP contribution in [-0.4, -0.2) is 45.4 Å². The molecule has 1 heterocycles. The summed E-state index contributed by atoms with van der Waals surface area (Å²) in [6.07, 6.45) is 2.78. The van der Waals surface area contributed by atoms with Crippen molar-refractivity contribution < 1.29 is 9.84 Å². The molecular formula is C14H25N5O2. The van der Waals surface area contributed by atoms with E-state index in [2.05, 4.69) is 25.6 Å². The van der Waals surface area contributed by atoms with Crippen LogP contribution >= 0.6 is 0 Å². The van der Waals surface area contributed by atoms with Gasteiger partial charge in [0.15, 0.2) is 0 Å². The molecule has 7 nitrogen and oxygen atoms in total. The molecule has 1 fully saturated rings. The molecule has 21 heavy (non-hydrogen) atoms. The van der Waals surface area contributed by atoms with Gasteiger partial charge in [0, 0.05) is 19.0 Å². The van der Waals surface area contributed by atoms with E-state index < -0.39 is 0 Å². The quantitative estimate of drug-likeness (QED) is 0.704. The zero-order valence-electron chi connectivity index (χ0n) is 13.0. The van der Waals surface area contributed by atoms with Crippen molar-refractivity contribution in [1.82, 2.24) is 15.0 Å². The molecule has 1 saturated carbocycles. The van der Waals surface area contributed by atoms with E-state index in [1.807, 2.05) is 20.8 Å². The smallest absolute Gasteiger partial charge is 0.323 e. The average Bonchev–Trinajstić information content (AvgIpc) is 2.81. The number of ether oxygens (including phenoxy) is 1. The zero-order chi connectivity index (χ0) is 15.2. The van der Waals surface area contributed by atoms with E-state index in [9.17, 15) is 5.11 Å². The highest BCUT2D eigenvalue weighted by molar-refractivity contribution is 5.35. The first-order valence-electron chi connectivity index (χ1n) is 7.67. The van der Waals surface area contributed by atoms with Crippen LogP contribution in [0.2, 0.25) is 0 Å². The Morgan fingerprint density at radius 2 is 1.90 bits per heavy atom. The van der Waals surface area contributed by atoms with Gasteiger partial charge in [-0.1, -0.05) is 6.42 Å². The SMILES string of the molecule is CCNc1nc(NCC2CCCC2O)nc(OC(C)C)n1. The van der Waals surface area contributed by atoms with Crippen molar-refractivity contribution in [2.75, 3.05) is 23.7 Å². The summed E-state index contributed by atoms with van der Waals surface area (Å²) in [5.74, 6) is 1.24. The second-order valence-corrected chi connectivity index (χ2v) is 5.60. The topological polar surface area (TPSA) is 92.2 Å². The van der Waals surface area contributed by atoms with E-state index in [1.165, 1.54) is 0 Å². The Kier molecular flexibility index (Phi) is 5.55. The standard InChI is InChI=1S/C14H25N5O2/c1-4-15-12-17-13(19-14(18-12)21-9(2)3)16-8-10-6-5-7-11(10)20/h9-11,20H,4-8H2,1-3H3,(H2,15,16,17,18,19). The maximum absolute atomic E-state index is 9.85. The summed E-state index contributed by atoms with van der Waals surface area (Å²) in [6.45, 7) is 7.23. The second-order valence-electron chi connectivity index (χ2n) is 5.60. The number of aliphatic hydroxyl groups excluding tert-OH is 1. The van der Waals surface area contributed by atoms with Gasteiger partial charge in [0.1, 0.15) is 0 Å². The van der Waals surface area contributed by atoms with Crippen LogP contribution in [0.5, 0.6) is 6.01 Å². The third-order valence-corrected chi connectivity index (χ3v) is 3.43. The molecular weight excluding hydrogens is 270 g/mol. The summed E-state index contributed by atoms with van der Waals surface area (Å²) in [7, 11) is 0. The molecule has 1 aliphatic rings. The monoisotopic (exact) mass is 295 g/mol. The average molecular weight is 295 g/mol. The minimum Gasteiger partial charge on any atom is -0.461 e. The summed E-state index contributed by atoms with van der Waals surface area (Å²) < 4.78 is 5.54. The highest BCUT2D eigenvalue weighted by Gasteiger charge is 2.25. The fourth-order valence-corrected chi connectivity index (χ4v) is 2.41. The van der Waals surface area contributed by atoms with E-state index >= 15 is 0 Å². The fraction of sp³-hybridized carbons (Fsp3) is 0.786. The number of anilines is 2. The molecule has 2 atom stereocenters. The molecule has 1 aromatic heterocycles. The molecule has 2 rings (SSSR count). The first kappa shape index (κ1) is 15.8. The summed E-state index contributed by atoms with van der Waals surface area (Å²) in [5, 5.41) is 16.1. The van der Waals surface area contributed by atoms with Crippen molar-refractivity contribution in [3.8, 4) is 6.01 Å². The summed E-state index contributed by atoms with van der Waals surface area (Å²) in [6, 6.07) is 0.311. The van der Waals surface area contributed by atoms with Crippen LogP contribution in [0.1, 0.15) is 40.0 Å². The molecule has 0 saturated heterocycles. The van der Waals surface area contributed by atoms with Crippen LogP contribution in [0.3, 0.4) is 0 Å². The molecule has 0 spiro atoms. The van der Waals surface area contributed by atoms with E-state index in [0.29, 0.717) is 24.5 Å². The lowest BCUT2D eigenvalue weighted by molar-refractivity contribution is 0.138. The van der Waals surface area contributed by atoms with Gasteiger partial charge in [-0.3, -0.25) is 0 Å². The summed E-state index contributed by atoms with van der Waals surface area (Å²) >= 11 is 0. The molecule has 0 aromatic carbocycles. The van der Waals surface area contributed by atoms with Gasteiger partial charge in [0.25, 0.3) is 0 Å². The van der Waals surface area contributed by atoms with Gasteiger partial charge >= 0.3 is 6.01 Å². The van der Waals surface area contributed by atoms with Crippen molar-refractivity contribution in [3.63, 3.8) is 0 Å². The molecule has 0 bridgehead atoms. The van der Waals surface area contributed by atoms with E-state index in [0.717, 1.165) is 25.8 Å². The van der Waals surface area contributed by atoms with E-state index in [-0.39, 0.29) is 18.1 Å². The number of rotatable bonds is 7. The Bertz CT molecular complexity index is 455. The van der Waals surface area contributed by atoms with Crippen molar-refractivity contribution in [1.29, 1.82) is 0 Å². The third-order valence-electron chi connectivity index (χ3n) is 3.43. The molecule has 0 aliphatic heterocycles. The first-order chi connectivity index (χ1) is 10.1. The Balaban J connectivity index is 2.03. The van der Waals surface area contributed by atoms with Gasteiger partial charge in [0.2, 0.25) is 11.9 Å². The predicted molar refractivity (Wildman–Crippen MR) is 81.6 cm³/mol. The van der Waals surface area contributed by atoms with Crippen LogP contribution in [0.25, 0.3) is 0 Å².